The lowest BCUT2D eigenvalue weighted by molar-refractivity contribution is 0.0761. The van der Waals surface area contributed by atoms with Gasteiger partial charge in [0.1, 0.15) is 16.5 Å². The summed E-state index contributed by atoms with van der Waals surface area (Å²) in [4.78, 5) is 21.2. The molecule has 0 spiro atoms. The maximum atomic E-state index is 13.5. The van der Waals surface area contributed by atoms with Crippen molar-refractivity contribution in [1.29, 1.82) is 0 Å². The van der Waals surface area contributed by atoms with Gasteiger partial charge in [-0.25, -0.2) is 17.2 Å². The van der Waals surface area contributed by atoms with E-state index in [-0.39, 0.29) is 10.8 Å². The van der Waals surface area contributed by atoms with E-state index in [1.54, 1.807) is 59.6 Å². The quantitative estimate of drug-likeness (QED) is 0.388. The largest absolute Gasteiger partial charge is 0.337 e. The van der Waals surface area contributed by atoms with Gasteiger partial charge >= 0.3 is 0 Å². The molecule has 1 saturated heterocycles. The number of hydrogen-bond acceptors (Lipinski definition) is 5. The lowest BCUT2D eigenvalue weighted by atomic mass is 10.2. The number of halogens is 2. The molecule has 1 amide bonds. The van der Waals surface area contributed by atoms with E-state index in [4.69, 9.17) is 0 Å². The first-order chi connectivity index (χ1) is 18.3. The van der Waals surface area contributed by atoms with E-state index in [1.807, 2.05) is 0 Å². The van der Waals surface area contributed by atoms with Gasteiger partial charge in [0.2, 0.25) is 0 Å². The van der Waals surface area contributed by atoms with Gasteiger partial charge in [-0.15, -0.1) is 0 Å². The fraction of sp³-hybridized carbons (Fsp3) is 0.214. The summed E-state index contributed by atoms with van der Waals surface area (Å²) in [5, 5.41) is 0.718. The lowest BCUT2D eigenvalue weighted by Gasteiger charge is -2.22. The average molecular weight is 537 g/mol. The molecule has 1 N–H and O–H groups in total. The Bertz CT molecular complexity index is 1550. The van der Waals surface area contributed by atoms with Crippen LogP contribution in [0.25, 0.3) is 10.9 Å². The summed E-state index contributed by atoms with van der Waals surface area (Å²) in [5.74, 6) is -1.37. The van der Waals surface area contributed by atoms with E-state index in [9.17, 15) is 22.0 Å². The van der Waals surface area contributed by atoms with Crippen LogP contribution < -0.4 is 4.72 Å². The van der Waals surface area contributed by atoms with Crippen molar-refractivity contribution in [2.75, 3.05) is 30.9 Å². The van der Waals surface area contributed by atoms with Crippen molar-refractivity contribution >= 4 is 32.5 Å². The molecule has 1 aromatic heterocycles. The van der Waals surface area contributed by atoms with Crippen molar-refractivity contribution < 1.29 is 22.0 Å². The summed E-state index contributed by atoms with van der Waals surface area (Å²) in [7, 11) is -3.90. The molecule has 196 valence electrons. The number of amides is 1. The first kappa shape index (κ1) is 25.7. The van der Waals surface area contributed by atoms with Crippen LogP contribution in [0.1, 0.15) is 22.3 Å². The summed E-state index contributed by atoms with van der Waals surface area (Å²) < 4.78 is 55.7. The normalized spacial score (nSPS) is 14.8. The fourth-order valence-corrected chi connectivity index (χ4v) is 5.90. The van der Waals surface area contributed by atoms with Gasteiger partial charge in [0.25, 0.3) is 15.9 Å². The minimum atomic E-state index is -3.90. The topological polar surface area (TPSA) is 82.6 Å². The number of nitrogens with one attached hydrogen (secondary N) is 1. The monoisotopic (exact) mass is 536 g/mol. The Hall–Kier alpha value is -3.89. The molecule has 10 heteroatoms. The van der Waals surface area contributed by atoms with E-state index in [0.29, 0.717) is 55.1 Å². The number of fused-ring (bicyclic) bond motifs is 1. The molecule has 0 radical (unpaired) electrons. The highest BCUT2D eigenvalue weighted by atomic mass is 32.2. The number of para-hydroxylation sites is 1. The third-order valence-electron chi connectivity index (χ3n) is 6.47. The second kappa shape index (κ2) is 10.8. The van der Waals surface area contributed by atoms with Crippen LogP contribution in [0.3, 0.4) is 0 Å². The molecule has 7 nitrogen and oxygen atoms in total. The van der Waals surface area contributed by atoms with Gasteiger partial charge in [-0.3, -0.25) is 19.4 Å². The zero-order chi connectivity index (χ0) is 26.7. The number of hydrogen-bond donors (Lipinski definition) is 1. The van der Waals surface area contributed by atoms with Gasteiger partial charge in [-0.05, 0) is 60.5 Å². The number of pyridine rings is 1. The first-order valence-corrected chi connectivity index (χ1v) is 13.7. The van der Waals surface area contributed by atoms with Crippen LogP contribution in [0.5, 0.6) is 0 Å². The molecule has 0 aliphatic carbocycles. The molecule has 1 aliphatic heterocycles. The van der Waals surface area contributed by atoms with Gasteiger partial charge in [0.05, 0.1) is 5.52 Å². The number of sulfonamides is 1. The summed E-state index contributed by atoms with van der Waals surface area (Å²) in [6, 6.07) is 18.3. The van der Waals surface area contributed by atoms with Gasteiger partial charge in [0, 0.05) is 61.6 Å². The second-order valence-corrected chi connectivity index (χ2v) is 10.9. The van der Waals surface area contributed by atoms with Crippen LogP contribution >= 0.6 is 0 Å². The number of anilines is 1. The summed E-state index contributed by atoms with van der Waals surface area (Å²) in [6.45, 7) is 2.69. The van der Waals surface area contributed by atoms with Gasteiger partial charge in [0.15, 0.2) is 0 Å². The van der Waals surface area contributed by atoms with Crippen LogP contribution in [-0.4, -0.2) is 55.3 Å². The van der Waals surface area contributed by atoms with Crippen molar-refractivity contribution in [3.8, 4) is 0 Å². The van der Waals surface area contributed by atoms with Gasteiger partial charge in [-0.1, -0.05) is 18.2 Å². The Balaban J connectivity index is 1.23. The van der Waals surface area contributed by atoms with Crippen molar-refractivity contribution in [2.24, 2.45) is 0 Å². The smallest absolute Gasteiger partial charge is 0.264 e. The molecule has 2 heterocycles. The third-order valence-corrected chi connectivity index (χ3v) is 7.89. The van der Waals surface area contributed by atoms with Crippen LogP contribution in [0.2, 0.25) is 0 Å². The fourth-order valence-electron chi connectivity index (χ4n) is 4.66. The molecule has 4 aromatic rings. The standard InChI is InChI=1S/C28H26F2N4O3S/c29-23-16-20(17-24(30)18-23)19-33-12-3-13-34(15-14-33)28(35)22-7-9-25(10-8-22)32-38(36,37)26-6-1-4-21-5-2-11-31-27(21)26/h1-2,4-11,16-18,32H,3,12-15,19H2. The molecule has 1 fully saturated rings. The van der Waals surface area contributed by atoms with Crippen LogP contribution in [0, 0.1) is 11.6 Å². The Morgan fingerprint density at radius 1 is 0.895 bits per heavy atom. The zero-order valence-corrected chi connectivity index (χ0v) is 21.3. The Kier molecular flexibility index (Phi) is 7.35. The molecule has 0 saturated carbocycles. The molecular weight excluding hydrogens is 510 g/mol. The van der Waals surface area contributed by atoms with E-state index in [2.05, 4.69) is 14.6 Å². The number of aromatic nitrogens is 1. The van der Waals surface area contributed by atoms with Crippen molar-refractivity contribution in [3.05, 3.63) is 102 Å². The van der Waals surface area contributed by atoms with Crippen molar-refractivity contribution in [2.45, 2.75) is 17.9 Å². The van der Waals surface area contributed by atoms with Gasteiger partial charge < -0.3 is 4.90 Å². The minimum absolute atomic E-state index is 0.0749. The van der Waals surface area contributed by atoms with Crippen LogP contribution in [0.4, 0.5) is 14.5 Å². The molecule has 0 atom stereocenters. The highest BCUT2D eigenvalue weighted by Crippen LogP contribution is 2.24. The molecule has 1 aliphatic rings. The summed E-state index contributed by atoms with van der Waals surface area (Å²) in [6.07, 6.45) is 2.27. The number of nitrogens with zero attached hydrogens (tertiary/aromatic N) is 3. The summed E-state index contributed by atoms with van der Waals surface area (Å²) in [5.41, 5.74) is 1.71. The maximum Gasteiger partial charge on any atom is 0.264 e. The number of benzene rings is 3. The zero-order valence-electron chi connectivity index (χ0n) is 20.5. The molecule has 0 unspecified atom stereocenters. The SMILES string of the molecule is O=C(c1ccc(NS(=O)(=O)c2cccc3cccnc23)cc1)N1CCCN(Cc2cc(F)cc(F)c2)CC1. The highest BCUT2D eigenvalue weighted by molar-refractivity contribution is 7.93. The van der Waals surface area contributed by atoms with Crippen LogP contribution in [0.15, 0.2) is 83.9 Å². The van der Waals surface area contributed by atoms with E-state index >= 15 is 0 Å². The highest BCUT2D eigenvalue weighted by Gasteiger charge is 2.22. The molecule has 3 aromatic carbocycles. The molecule has 38 heavy (non-hydrogen) atoms. The molecular formula is C28H26F2N4O3S. The Labute approximate surface area is 219 Å². The average Bonchev–Trinajstić information content (AvgIpc) is 3.13. The van der Waals surface area contributed by atoms with Crippen molar-refractivity contribution in [3.63, 3.8) is 0 Å². The lowest BCUT2D eigenvalue weighted by Crippen LogP contribution is -2.35. The Morgan fingerprint density at radius 2 is 1.63 bits per heavy atom. The molecule has 0 bridgehead atoms. The Morgan fingerprint density at radius 3 is 2.39 bits per heavy atom. The predicted molar refractivity (Wildman–Crippen MR) is 141 cm³/mol. The van der Waals surface area contributed by atoms with Crippen LogP contribution in [-0.2, 0) is 16.6 Å². The first-order valence-electron chi connectivity index (χ1n) is 12.2. The predicted octanol–water partition coefficient (Wildman–Crippen LogP) is 4.66. The maximum absolute atomic E-state index is 13.5. The number of rotatable bonds is 6. The van der Waals surface area contributed by atoms with E-state index < -0.39 is 21.7 Å². The number of carbonyl (C=O) groups excluding carboxylic acids is 1. The van der Waals surface area contributed by atoms with E-state index in [1.165, 1.54) is 18.2 Å². The van der Waals surface area contributed by atoms with E-state index in [0.717, 1.165) is 17.9 Å². The third kappa shape index (κ3) is 5.81. The van der Waals surface area contributed by atoms with Gasteiger partial charge in [-0.2, -0.15) is 0 Å². The minimum Gasteiger partial charge on any atom is -0.337 e. The second-order valence-electron chi connectivity index (χ2n) is 9.21. The molecule has 5 rings (SSSR count). The number of carbonyl (C=O) groups is 1. The van der Waals surface area contributed by atoms with Crippen molar-refractivity contribution in [1.82, 2.24) is 14.8 Å². The summed E-state index contributed by atoms with van der Waals surface area (Å²) >= 11 is 0.